The van der Waals surface area contributed by atoms with Gasteiger partial charge < -0.3 is 15.0 Å². The Morgan fingerprint density at radius 3 is 2.71 bits per heavy atom. The molecule has 1 aromatic rings. The molecule has 0 saturated heterocycles. The second-order valence-electron chi connectivity index (χ2n) is 4.63. The molecule has 0 spiro atoms. The minimum Gasteiger partial charge on any atom is -0.489 e. The second-order valence-corrected chi connectivity index (χ2v) is 4.63. The number of hydrogen-bond donors (Lipinski definition) is 2. The molecule has 0 amide bonds. The summed E-state index contributed by atoms with van der Waals surface area (Å²) >= 11 is 0. The molecule has 0 fully saturated rings. The highest BCUT2D eigenvalue weighted by Crippen LogP contribution is 2.17. The maximum atomic E-state index is 11.5. The fourth-order valence-corrected chi connectivity index (χ4v) is 1.57. The lowest BCUT2D eigenvalue weighted by molar-refractivity contribution is 0.407. The Morgan fingerprint density at radius 2 is 2.12 bits per heavy atom. The van der Waals surface area contributed by atoms with Crippen LogP contribution in [0.4, 0.5) is 5.82 Å². The molecule has 0 saturated carbocycles. The van der Waals surface area contributed by atoms with Crippen molar-refractivity contribution < 1.29 is 4.74 Å². The van der Waals surface area contributed by atoms with E-state index >= 15 is 0 Å². The molecule has 1 atom stereocenters. The highest BCUT2D eigenvalue weighted by atomic mass is 16.5. The fourth-order valence-electron chi connectivity index (χ4n) is 1.57. The van der Waals surface area contributed by atoms with E-state index in [0.717, 1.165) is 12.8 Å². The summed E-state index contributed by atoms with van der Waals surface area (Å²) in [5.41, 5.74) is -0.263. The van der Waals surface area contributed by atoms with Gasteiger partial charge in [0.2, 0.25) is 5.75 Å². The van der Waals surface area contributed by atoms with Crippen LogP contribution in [0.1, 0.15) is 33.6 Å². The number of ether oxygens (including phenoxy) is 1. The topological polar surface area (TPSA) is 67.0 Å². The molecule has 1 heterocycles. The smallest absolute Gasteiger partial charge is 0.295 e. The molecule has 0 aliphatic carbocycles. The number of nitrogens with zero attached hydrogens (tertiary/aromatic N) is 1. The van der Waals surface area contributed by atoms with Crippen molar-refractivity contribution in [2.45, 2.75) is 39.7 Å². The second kappa shape index (κ2) is 6.27. The summed E-state index contributed by atoms with van der Waals surface area (Å²) < 4.78 is 5.03. The first kappa shape index (κ1) is 13.5. The van der Waals surface area contributed by atoms with Gasteiger partial charge in [0.15, 0.2) is 5.82 Å². The minimum absolute atomic E-state index is 0.240. The number of hydrogen-bond acceptors (Lipinski definition) is 4. The number of nitrogens with one attached hydrogen (secondary N) is 2. The maximum absolute atomic E-state index is 11.5. The monoisotopic (exact) mass is 239 g/mol. The standard InChI is InChI=1S/C12H21N3O2/c1-8(2)5-6-9(3)15-11-10(17-4)12(16)14-7-13-11/h7-9H,5-6H2,1-4H3,(H2,13,14,15,16). The quantitative estimate of drug-likeness (QED) is 0.797. The molecule has 5 heteroatoms. The Bertz CT molecular complexity index is 401. The van der Waals surface area contributed by atoms with Gasteiger partial charge in [0, 0.05) is 6.04 Å². The van der Waals surface area contributed by atoms with Crippen LogP contribution in [0.3, 0.4) is 0 Å². The van der Waals surface area contributed by atoms with Gasteiger partial charge in [-0.05, 0) is 25.7 Å². The molecular weight excluding hydrogens is 218 g/mol. The Morgan fingerprint density at radius 1 is 1.41 bits per heavy atom. The van der Waals surface area contributed by atoms with Gasteiger partial charge in [-0.1, -0.05) is 13.8 Å². The van der Waals surface area contributed by atoms with Crippen molar-refractivity contribution in [2.24, 2.45) is 5.92 Å². The first-order valence-corrected chi connectivity index (χ1v) is 5.92. The molecule has 1 rings (SSSR count). The van der Waals surface area contributed by atoms with Crippen LogP contribution in [0, 0.1) is 5.92 Å². The zero-order valence-electron chi connectivity index (χ0n) is 10.9. The molecule has 96 valence electrons. The Balaban J connectivity index is 2.68. The summed E-state index contributed by atoms with van der Waals surface area (Å²) in [7, 11) is 1.47. The highest BCUT2D eigenvalue weighted by Gasteiger charge is 2.11. The summed E-state index contributed by atoms with van der Waals surface area (Å²) in [6.07, 6.45) is 3.55. The van der Waals surface area contributed by atoms with Crippen LogP contribution in [-0.2, 0) is 0 Å². The van der Waals surface area contributed by atoms with Gasteiger partial charge in [0.25, 0.3) is 5.56 Å². The van der Waals surface area contributed by atoms with Crippen molar-refractivity contribution in [1.29, 1.82) is 0 Å². The molecule has 1 unspecified atom stereocenters. The molecule has 5 nitrogen and oxygen atoms in total. The summed E-state index contributed by atoms with van der Waals surface area (Å²) in [5, 5.41) is 3.20. The summed E-state index contributed by atoms with van der Waals surface area (Å²) in [6, 6.07) is 0.264. The van der Waals surface area contributed by atoms with Crippen molar-refractivity contribution in [2.75, 3.05) is 12.4 Å². The van der Waals surface area contributed by atoms with Gasteiger partial charge in [0.1, 0.15) is 0 Å². The van der Waals surface area contributed by atoms with Crippen LogP contribution in [0.5, 0.6) is 5.75 Å². The minimum atomic E-state index is -0.263. The highest BCUT2D eigenvalue weighted by molar-refractivity contribution is 5.48. The van der Waals surface area contributed by atoms with Gasteiger partial charge in [-0.25, -0.2) is 4.98 Å². The number of aromatic amines is 1. The third-order valence-corrected chi connectivity index (χ3v) is 2.57. The maximum Gasteiger partial charge on any atom is 0.295 e. The van der Waals surface area contributed by atoms with Crippen molar-refractivity contribution in [1.82, 2.24) is 9.97 Å². The normalized spacial score (nSPS) is 12.5. The number of H-pyrrole nitrogens is 1. The first-order chi connectivity index (χ1) is 8.04. The molecule has 0 aromatic carbocycles. The van der Waals surface area contributed by atoms with Gasteiger partial charge in [-0.2, -0.15) is 0 Å². The number of anilines is 1. The average Bonchev–Trinajstić information content (AvgIpc) is 2.27. The lowest BCUT2D eigenvalue weighted by Crippen LogP contribution is -2.20. The van der Waals surface area contributed by atoms with E-state index < -0.39 is 0 Å². The third-order valence-electron chi connectivity index (χ3n) is 2.57. The molecule has 0 bridgehead atoms. The Labute approximate surface area is 102 Å². The van der Waals surface area contributed by atoms with Gasteiger partial charge in [-0.3, -0.25) is 4.79 Å². The van der Waals surface area contributed by atoms with Crippen molar-refractivity contribution in [3.8, 4) is 5.75 Å². The predicted molar refractivity (Wildman–Crippen MR) is 68.6 cm³/mol. The number of rotatable bonds is 6. The van der Waals surface area contributed by atoms with Crippen LogP contribution in [0.25, 0.3) is 0 Å². The van der Waals surface area contributed by atoms with E-state index in [4.69, 9.17) is 4.74 Å². The lowest BCUT2D eigenvalue weighted by Gasteiger charge is -2.16. The molecule has 17 heavy (non-hydrogen) atoms. The van der Waals surface area contributed by atoms with Crippen molar-refractivity contribution in [3.05, 3.63) is 16.7 Å². The van der Waals surface area contributed by atoms with Gasteiger partial charge in [0.05, 0.1) is 13.4 Å². The number of methoxy groups -OCH3 is 1. The summed E-state index contributed by atoms with van der Waals surface area (Å²) in [6.45, 7) is 6.46. The van der Waals surface area contributed by atoms with E-state index in [9.17, 15) is 4.79 Å². The molecule has 0 aliphatic heterocycles. The van der Waals surface area contributed by atoms with Crippen LogP contribution in [0.2, 0.25) is 0 Å². The molecular formula is C12H21N3O2. The Hall–Kier alpha value is -1.52. The molecule has 0 radical (unpaired) electrons. The van der Waals surface area contributed by atoms with Crippen LogP contribution < -0.4 is 15.6 Å². The van der Waals surface area contributed by atoms with Crippen molar-refractivity contribution >= 4 is 5.82 Å². The van der Waals surface area contributed by atoms with Crippen molar-refractivity contribution in [3.63, 3.8) is 0 Å². The van der Waals surface area contributed by atoms with E-state index in [1.54, 1.807) is 0 Å². The lowest BCUT2D eigenvalue weighted by atomic mass is 10.0. The zero-order valence-corrected chi connectivity index (χ0v) is 10.9. The molecule has 0 aliphatic rings. The molecule has 1 aromatic heterocycles. The SMILES string of the molecule is COc1c(NC(C)CCC(C)C)nc[nH]c1=O. The van der Waals surface area contributed by atoms with Crippen LogP contribution >= 0.6 is 0 Å². The van der Waals surface area contributed by atoms with Crippen LogP contribution in [-0.4, -0.2) is 23.1 Å². The molecule has 2 N–H and O–H groups in total. The zero-order chi connectivity index (χ0) is 12.8. The average molecular weight is 239 g/mol. The summed E-state index contributed by atoms with van der Waals surface area (Å²) in [4.78, 5) is 18.0. The largest absolute Gasteiger partial charge is 0.489 e. The van der Waals surface area contributed by atoms with E-state index in [-0.39, 0.29) is 17.4 Å². The van der Waals surface area contributed by atoms with E-state index in [2.05, 4.69) is 36.1 Å². The van der Waals surface area contributed by atoms with Gasteiger partial charge >= 0.3 is 0 Å². The first-order valence-electron chi connectivity index (χ1n) is 5.92. The van der Waals surface area contributed by atoms with Crippen LogP contribution in [0.15, 0.2) is 11.1 Å². The fraction of sp³-hybridized carbons (Fsp3) is 0.667. The number of aromatic nitrogens is 2. The third kappa shape index (κ3) is 4.09. The van der Waals surface area contributed by atoms with E-state index in [1.165, 1.54) is 13.4 Å². The Kier molecular flexibility index (Phi) is 5.00. The predicted octanol–water partition coefficient (Wildman–Crippen LogP) is 2.02. The summed E-state index contributed by atoms with van der Waals surface area (Å²) in [5.74, 6) is 1.42. The van der Waals surface area contributed by atoms with Gasteiger partial charge in [-0.15, -0.1) is 0 Å². The van der Waals surface area contributed by atoms with E-state index in [0.29, 0.717) is 11.7 Å². The van der Waals surface area contributed by atoms with E-state index in [1.807, 2.05) is 0 Å².